The topological polar surface area (TPSA) is 66.0 Å². The van der Waals surface area contributed by atoms with Gasteiger partial charge in [-0.15, -0.1) is 0 Å². The van der Waals surface area contributed by atoms with Crippen LogP contribution in [0.4, 0.5) is 4.39 Å². The third kappa shape index (κ3) is 7.50. The summed E-state index contributed by atoms with van der Waals surface area (Å²) in [6.07, 6.45) is 3.51. The Hall–Kier alpha value is -2.31. The molecule has 0 spiro atoms. The number of aliphatic imine (C=N–C) groups is 1. The van der Waals surface area contributed by atoms with Crippen LogP contribution in [-0.4, -0.2) is 55.1 Å². The highest BCUT2D eigenvalue weighted by Gasteiger charge is 2.26. The van der Waals surface area contributed by atoms with E-state index in [1.807, 2.05) is 18.7 Å². The van der Waals surface area contributed by atoms with Crippen molar-refractivity contribution in [1.29, 1.82) is 0 Å². The van der Waals surface area contributed by atoms with Crippen LogP contribution in [-0.2, 0) is 4.79 Å². The molecule has 1 aliphatic heterocycles. The van der Waals surface area contributed by atoms with Crippen LogP contribution < -0.4 is 15.4 Å². The van der Waals surface area contributed by atoms with Gasteiger partial charge in [-0.2, -0.15) is 0 Å². The predicted molar refractivity (Wildman–Crippen MR) is 119 cm³/mol. The molecular weight excluding hydrogens is 383 g/mol. The SMILES string of the molecule is CCNC(=NCC(C)Oc1ccc(F)cc1)NC1CCN(C(=O)C(CC)CC)CC1. The minimum atomic E-state index is -0.278. The fourth-order valence-electron chi connectivity index (χ4n) is 3.66. The zero-order valence-electron chi connectivity index (χ0n) is 18.8. The highest BCUT2D eigenvalue weighted by molar-refractivity contribution is 5.80. The van der Waals surface area contributed by atoms with E-state index in [0.29, 0.717) is 24.2 Å². The van der Waals surface area contributed by atoms with E-state index in [0.717, 1.165) is 51.3 Å². The Bertz CT molecular complexity index is 668. The standard InChI is InChI=1S/C23H37FN4O2/c1-5-18(6-2)22(29)28-14-12-20(13-15-28)27-23(25-7-3)26-16-17(4)30-21-10-8-19(24)9-11-21/h8-11,17-18,20H,5-7,12-16H2,1-4H3,(H2,25,26,27). The van der Waals surface area contributed by atoms with Gasteiger partial charge in [0.15, 0.2) is 5.96 Å². The van der Waals surface area contributed by atoms with Crippen molar-refractivity contribution in [3.63, 3.8) is 0 Å². The van der Waals surface area contributed by atoms with Gasteiger partial charge in [-0.25, -0.2) is 9.38 Å². The average Bonchev–Trinajstić information content (AvgIpc) is 2.75. The molecule has 1 aromatic carbocycles. The molecule has 30 heavy (non-hydrogen) atoms. The van der Waals surface area contributed by atoms with Crippen LogP contribution in [0.3, 0.4) is 0 Å². The molecule has 1 fully saturated rings. The lowest BCUT2D eigenvalue weighted by molar-refractivity contribution is -0.136. The molecule has 0 radical (unpaired) electrons. The van der Waals surface area contributed by atoms with E-state index >= 15 is 0 Å². The molecule has 0 bridgehead atoms. The van der Waals surface area contributed by atoms with Gasteiger partial charge in [0.25, 0.3) is 0 Å². The van der Waals surface area contributed by atoms with Crippen molar-refractivity contribution < 1.29 is 13.9 Å². The van der Waals surface area contributed by atoms with E-state index in [-0.39, 0.29) is 17.8 Å². The Labute approximate surface area is 180 Å². The number of nitrogens with zero attached hydrogens (tertiary/aromatic N) is 2. The number of carbonyl (C=O) groups is 1. The Kier molecular flexibility index (Phi) is 9.91. The molecule has 168 valence electrons. The molecule has 1 heterocycles. The number of guanidine groups is 1. The third-order valence-corrected chi connectivity index (χ3v) is 5.48. The van der Waals surface area contributed by atoms with E-state index in [2.05, 4.69) is 29.5 Å². The van der Waals surface area contributed by atoms with E-state index in [1.54, 1.807) is 12.1 Å². The van der Waals surface area contributed by atoms with E-state index in [4.69, 9.17) is 4.74 Å². The van der Waals surface area contributed by atoms with Crippen LogP contribution in [0.25, 0.3) is 0 Å². The van der Waals surface area contributed by atoms with Crippen LogP contribution in [0, 0.1) is 11.7 Å². The molecule has 2 N–H and O–H groups in total. The molecular formula is C23H37FN4O2. The number of piperidine rings is 1. The summed E-state index contributed by atoms with van der Waals surface area (Å²) in [6.45, 7) is 11.0. The van der Waals surface area contributed by atoms with Crippen molar-refractivity contribution in [2.45, 2.75) is 65.5 Å². The van der Waals surface area contributed by atoms with E-state index in [1.165, 1.54) is 12.1 Å². The molecule has 0 aromatic heterocycles. The zero-order valence-corrected chi connectivity index (χ0v) is 18.8. The Balaban J connectivity index is 1.83. The number of likely N-dealkylation sites (tertiary alicyclic amines) is 1. The number of amides is 1. The summed E-state index contributed by atoms with van der Waals surface area (Å²) in [7, 11) is 0. The largest absolute Gasteiger partial charge is 0.489 e. The number of rotatable bonds is 9. The molecule has 0 aliphatic carbocycles. The van der Waals surface area contributed by atoms with Gasteiger partial charge in [-0.3, -0.25) is 4.79 Å². The smallest absolute Gasteiger partial charge is 0.225 e. The zero-order chi connectivity index (χ0) is 21.9. The first kappa shape index (κ1) is 24.0. The number of nitrogens with one attached hydrogen (secondary N) is 2. The molecule has 1 unspecified atom stereocenters. The Morgan fingerprint density at radius 1 is 1.20 bits per heavy atom. The van der Waals surface area contributed by atoms with Gasteiger partial charge in [0.2, 0.25) is 5.91 Å². The molecule has 1 saturated heterocycles. The highest BCUT2D eigenvalue weighted by atomic mass is 19.1. The van der Waals surface area contributed by atoms with Crippen LogP contribution >= 0.6 is 0 Å². The summed E-state index contributed by atoms with van der Waals surface area (Å²) in [5, 5.41) is 6.78. The van der Waals surface area contributed by atoms with Crippen molar-refractivity contribution >= 4 is 11.9 Å². The molecule has 1 aliphatic rings. The average molecular weight is 421 g/mol. The monoisotopic (exact) mass is 420 g/mol. The summed E-state index contributed by atoms with van der Waals surface area (Å²) in [5.74, 6) is 1.56. The second-order valence-corrected chi connectivity index (χ2v) is 7.86. The summed E-state index contributed by atoms with van der Waals surface area (Å²) < 4.78 is 18.8. The highest BCUT2D eigenvalue weighted by Crippen LogP contribution is 2.17. The number of carbonyl (C=O) groups excluding carboxylic acids is 1. The normalized spacial score (nSPS) is 16.5. The Morgan fingerprint density at radius 3 is 2.40 bits per heavy atom. The van der Waals surface area contributed by atoms with E-state index in [9.17, 15) is 9.18 Å². The van der Waals surface area contributed by atoms with Crippen molar-refractivity contribution in [3.8, 4) is 5.75 Å². The minimum Gasteiger partial charge on any atom is -0.489 e. The lowest BCUT2D eigenvalue weighted by Crippen LogP contribution is -2.50. The maximum absolute atomic E-state index is 13.0. The van der Waals surface area contributed by atoms with Gasteiger partial charge >= 0.3 is 0 Å². The van der Waals surface area contributed by atoms with Gasteiger partial charge in [0.1, 0.15) is 17.7 Å². The second kappa shape index (κ2) is 12.4. The lowest BCUT2D eigenvalue weighted by Gasteiger charge is -2.35. The molecule has 1 atom stereocenters. The van der Waals surface area contributed by atoms with Gasteiger partial charge < -0.3 is 20.3 Å². The first-order valence-electron chi connectivity index (χ1n) is 11.2. The van der Waals surface area contributed by atoms with Gasteiger partial charge in [-0.1, -0.05) is 13.8 Å². The molecule has 1 amide bonds. The summed E-state index contributed by atoms with van der Waals surface area (Å²) in [6, 6.07) is 6.31. The first-order valence-corrected chi connectivity index (χ1v) is 11.2. The summed E-state index contributed by atoms with van der Waals surface area (Å²) >= 11 is 0. The van der Waals surface area contributed by atoms with Crippen LogP contribution in [0.15, 0.2) is 29.3 Å². The number of ether oxygens (including phenoxy) is 1. The Morgan fingerprint density at radius 2 is 1.83 bits per heavy atom. The number of benzene rings is 1. The van der Waals surface area contributed by atoms with Crippen LogP contribution in [0.2, 0.25) is 0 Å². The quantitative estimate of drug-likeness (QED) is 0.473. The fraction of sp³-hybridized carbons (Fsp3) is 0.652. The van der Waals surface area contributed by atoms with Crippen molar-refractivity contribution in [1.82, 2.24) is 15.5 Å². The van der Waals surface area contributed by atoms with Crippen molar-refractivity contribution in [3.05, 3.63) is 30.1 Å². The molecule has 1 aromatic rings. The lowest BCUT2D eigenvalue weighted by atomic mass is 9.98. The predicted octanol–water partition coefficient (Wildman–Crippen LogP) is 3.58. The van der Waals surface area contributed by atoms with Gasteiger partial charge in [0.05, 0.1) is 6.54 Å². The number of hydrogen-bond donors (Lipinski definition) is 2. The molecule has 0 saturated carbocycles. The second-order valence-electron chi connectivity index (χ2n) is 7.86. The first-order chi connectivity index (χ1) is 14.5. The van der Waals surface area contributed by atoms with Gasteiger partial charge in [0, 0.05) is 31.6 Å². The van der Waals surface area contributed by atoms with Crippen LogP contribution in [0.5, 0.6) is 5.75 Å². The third-order valence-electron chi connectivity index (χ3n) is 5.48. The van der Waals surface area contributed by atoms with Crippen molar-refractivity contribution in [2.75, 3.05) is 26.2 Å². The summed E-state index contributed by atoms with van der Waals surface area (Å²) in [4.78, 5) is 19.2. The van der Waals surface area contributed by atoms with Gasteiger partial charge in [-0.05, 0) is 63.8 Å². The van der Waals surface area contributed by atoms with E-state index < -0.39 is 0 Å². The number of halogens is 1. The summed E-state index contributed by atoms with van der Waals surface area (Å²) in [5.41, 5.74) is 0. The van der Waals surface area contributed by atoms with Crippen molar-refractivity contribution in [2.24, 2.45) is 10.9 Å². The maximum atomic E-state index is 13.0. The fourth-order valence-corrected chi connectivity index (χ4v) is 3.66. The minimum absolute atomic E-state index is 0.134. The number of hydrogen-bond acceptors (Lipinski definition) is 3. The molecule has 6 nitrogen and oxygen atoms in total. The molecule has 2 rings (SSSR count). The maximum Gasteiger partial charge on any atom is 0.225 e. The van der Waals surface area contributed by atoms with Crippen LogP contribution in [0.1, 0.15) is 53.4 Å². The molecule has 7 heteroatoms.